The Kier molecular flexibility index (Phi) is 5.14. The summed E-state index contributed by atoms with van der Waals surface area (Å²) < 4.78 is 6.89. The predicted octanol–water partition coefficient (Wildman–Crippen LogP) is 4.94. The van der Waals surface area contributed by atoms with Crippen LogP contribution in [0.4, 0.5) is 5.82 Å². The molecule has 0 aliphatic carbocycles. The maximum Gasteiger partial charge on any atom is 0.222 e. The van der Waals surface area contributed by atoms with Gasteiger partial charge in [0.05, 0.1) is 18.5 Å². The second-order valence-electron chi connectivity index (χ2n) is 6.62. The Balaban J connectivity index is 1.72. The molecule has 1 amide bonds. The van der Waals surface area contributed by atoms with Gasteiger partial charge in [0.25, 0.3) is 0 Å². The number of ether oxygens (including phenoxy) is 1. The minimum absolute atomic E-state index is 0.159. The summed E-state index contributed by atoms with van der Waals surface area (Å²) in [6.45, 7) is 3.52. The number of nitrogens with zero attached hydrogens (tertiary/aromatic N) is 3. The van der Waals surface area contributed by atoms with Gasteiger partial charge in [-0.3, -0.25) is 4.79 Å². The Morgan fingerprint density at radius 3 is 2.34 bits per heavy atom. The Morgan fingerprint density at radius 1 is 1.03 bits per heavy atom. The molecule has 146 valence electrons. The molecule has 29 heavy (non-hydrogen) atoms. The molecule has 2 aromatic carbocycles. The van der Waals surface area contributed by atoms with E-state index in [4.69, 9.17) is 14.8 Å². The van der Waals surface area contributed by atoms with Crippen molar-refractivity contribution in [1.29, 1.82) is 0 Å². The van der Waals surface area contributed by atoms with Crippen LogP contribution < -0.4 is 10.1 Å². The monoisotopic (exact) mass is 404 g/mol. The third-order valence-electron chi connectivity index (χ3n) is 4.42. The van der Waals surface area contributed by atoms with Crippen molar-refractivity contribution in [3.63, 3.8) is 0 Å². The van der Waals surface area contributed by atoms with Crippen molar-refractivity contribution in [2.75, 3.05) is 12.4 Å². The number of aryl methyl sites for hydroxylation is 1. The molecule has 0 bridgehead atoms. The van der Waals surface area contributed by atoms with Crippen LogP contribution in [0.2, 0.25) is 0 Å². The van der Waals surface area contributed by atoms with Crippen LogP contribution in [0.5, 0.6) is 5.75 Å². The van der Waals surface area contributed by atoms with E-state index in [2.05, 4.69) is 5.32 Å². The number of thiazole rings is 1. The number of hydrogen-bond acceptors (Lipinski definition) is 5. The third kappa shape index (κ3) is 4.05. The van der Waals surface area contributed by atoms with Gasteiger partial charge in [-0.25, -0.2) is 4.98 Å². The van der Waals surface area contributed by atoms with Crippen LogP contribution in [-0.4, -0.2) is 27.8 Å². The summed E-state index contributed by atoms with van der Waals surface area (Å²) in [5.74, 6) is 1.23. The number of aromatic nitrogens is 3. The first-order valence-electron chi connectivity index (χ1n) is 9.08. The highest BCUT2D eigenvalue weighted by molar-refractivity contribution is 7.12. The maximum absolute atomic E-state index is 11.7. The zero-order chi connectivity index (χ0) is 20.4. The molecule has 2 aromatic heterocycles. The van der Waals surface area contributed by atoms with E-state index in [1.54, 1.807) is 11.8 Å². The molecule has 7 heteroatoms. The average molecular weight is 404 g/mol. The number of hydrogen-bond donors (Lipinski definition) is 1. The summed E-state index contributed by atoms with van der Waals surface area (Å²) in [4.78, 5) is 16.4. The lowest BCUT2D eigenvalue weighted by Crippen LogP contribution is -2.10. The topological polar surface area (TPSA) is 69.0 Å². The Morgan fingerprint density at radius 2 is 1.69 bits per heavy atom. The minimum atomic E-state index is -0.159. The van der Waals surface area contributed by atoms with Gasteiger partial charge in [0.15, 0.2) is 0 Å². The normalized spacial score (nSPS) is 10.7. The molecular formula is C22H20N4O2S. The van der Waals surface area contributed by atoms with Crippen molar-refractivity contribution in [3.05, 3.63) is 65.5 Å². The van der Waals surface area contributed by atoms with Gasteiger partial charge in [-0.1, -0.05) is 29.8 Å². The van der Waals surface area contributed by atoms with Gasteiger partial charge in [-0.15, -0.1) is 11.3 Å². The van der Waals surface area contributed by atoms with E-state index in [9.17, 15) is 4.79 Å². The van der Waals surface area contributed by atoms with Crippen LogP contribution >= 0.6 is 11.3 Å². The molecule has 0 saturated heterocycles. The fourth-order valence-corrected chi connectivity index (χ4v) is 3.71. The quantitative estimate of drug-likeness (QED) is 0.512. The fourth-order valence-electron chi connectivity index (χ4n) is 2.92. The molecule has 0 atom stereocenters. The number of carbonyl (C=O) groups excluding carboxylic acids is 1. The van der Waals surface area contributed by atoms with Gasteiger partial charge in [0.2, 0.25) is 11.0 Å². The van der Waals surface area contributed by atoms with E-state index in [0.29, 0.717) is 10.9 Å². The summed E-state index contributed by atoms with van der Waals surface area (Å²) in [6.07, 6.45) is 0. The van der Waals surface area contributed by atoms with Crippen LogP contribution in [-0.2, 0) is 4.79 Å². The largest absolute Gasteiger partial charge is 0.497 e. The average Bonchev–Trinajstić information content (AvgIpc) is 3.35. The lowest BCUT2D eigenvalue weighted by Gasteiger charge is -2.03. The smallest absolute Gasteiger partial charge is 0.222 e. The summed E-state index contributed by atoms with van der Waals surface area (Å²) in [6, 6.07) is 17.7. The van der Waals surface area contributed by atoms with Gasteiger partial charge < -0.3 is 10.1 Å². The van der Waals surface area contributed by atoms with Gasteiger partial charge in [-0.05, 0) is 31.2 Å². The summed E-state index contributed by atoms with van der Waals surface area (Å²) in [7, 11) is 1.64. The van der Waals surface area contributed by atoms with Gasteiger partial charge in [0.1, 0.15) is 11.6 Å². The van der Waals surface area contributed by atoms with E-state index < -0.39 is 0 Å². The third-order valence-corrected chi connectivity index (χ3v) is 5.24. The lowest BCUT2D eigenvalue weighted by atomic mass is 10.1. The van der Waals surface area contributed by atoms with E-state index in [1.807, 2.05) is 66.9 Å². The maximum atomic E-state index is 11.7. The first kappa shape index (κ1) is 18.9. The minimum Gasteiger partial charge on any atom is -0.497 e. The zero-order valence-electron chi connectivity index (χ0n) is 16.3. The molecule has 4 aromatic rings. The van der Waals surface area contributed by atoms with Crippen molar-refractivity contribution in [1.82, 2.24) is 14.8 Å². The van der Waals surface area contributed by atoms with Crippen molar-refractivity contribution in [2.45, 2.75) is 13.8 Å². The van der Waals surface area contributed by atoms with Gasteiger partial charge >= 0.3 is 0 Å². The number of nitrogens with one attached hydrogen (secondary N) is 1. The second kappa shape index (κ2) is 7.89. The van der Waals surface area contributed by atoms with Crippen molar-refractivity contribution >= 4 is 23.1 Å². The van der Waals surface area contributed by atoms with E-state index >= 15 is 0 Å². The first-order valence-corrected chi connectivity index (χ1v) is 9.96. The molecule has 0 aliphatic rings. The molecule has 0 unspecified atom stereocenters. The van der Waals surface area contributed by atoms with Gasteiger partial charge in [-0.2, -0.15) is 9.78 Å². The summed E-state index contributed by atoms with van der Waals surface area (Å²) in [5.41, 5.74) is 4.76. The molecular weight excluding hydrogens is 384 g/mol. The Labute approximate surface area is 172 Å². The Bertz CT molecular complexity index is 1140. The Hall–Kier alpha value is -3.45. The van der Waals surface area contributed by atoms with Crippen LogP contribution in [0.25, 0.3) is 27.6 Å². The highest BCUT2D eigenvalue weighted by Gasteiger charge is 2.15. The van der Waals surface area contributed by atoms with Crippen LogP contribution in [0.1, 0.15) is 12.5 Å². The number of anilines is 1. The van der Waals surface area contributed by atoms with Crippen LogP contribution in [0.15, 0.2) is 60.0 Å². The van der Waals surface area contributed by atoms with Crippen molar-refractivity contribution in [3.8, 4) is 33.4 Å². The molecule has 0 aliphatic heterocycles. The number of amides is 1. The molecule has 4 rings (SSSR count). The van der Waals surface area contributed by atoms with E-state index in [1.165, 1.54) is 23.8 Å². The molecule has 0 radical (unpaired) electrons. The number of benzene rings is 2. The molecule has 2 heterocycles. The van der Waals surface area contributed by atoms with Gasteiger partial charge in [0, 0.05) is 29.5 Å². The number of carbonyl (C=O) groups is 1. The first-order chi connectivity index (χ1) is 14.0. The van der Waals surface area contributed by atoms with Crippen LogP contribution in [0.3, 0.4) is 0 Å². The standard InChI is InChI=1S/C22H20N4O2S/c1-14-4-6-16(7-5-14)19-12-21(23-15(2)27)26(25-19)22-24-20(13-29-22)17-8-10-18(28-3)11-9-17/h4-13H,1-3H3,(H,23,27). The predicted molar refractivity (Wildman–Crippen MR) is 116 cm³/mol. The highest BCUT2D eigenvalue weighted by atomic mass is 32.1. The molecule has 0 spiro atoms. The van der Waals surface area contributed by atoms with E-state index in [-0.39, 0.29) is 5.91 Å². The second-order valence-corrected chi connectivity index (χ2v) is 7.45. The summed E-state index contributed by atoms with van der Waals surface area (Å²) >= 11 is 1.47. The summed E-state index contributed by atoms with van der Waals surface area (Å²) in [5, 5.41) is 10.2. The lowest BCUT2D eigenvalue weighted by molar-refractivity contribution is -0.114. The highest BCUT2D eigenvalue weighted by Crippen LogP contribution is 2.30. The van der Waals surface area contributed by atoms with Crippen molar-refractivity contribution < 1.29 is 9.53 Å². The molecule has 1 N–H and O–H groups in total. The number of methoxy groups -OCH3 is 1. The SMILES string of the molecule is COc1ccc(-c2csc(-n3nc(-c4ccc(C)cc4)cc3NC(C)=O)n2)cc1. The van der Waals surface area contributed by atoms with Crippen molar-refractivity contribution in [2.24, 2.45) is 0 Å². The number of rotatable bonds is 5. The molecule has 0 fully saturated rings. The van der Waals surface area contributed by atoms with Crippen LogP contribution in [0, 0.1) is 6.92 Å². The zero-order valence-corrected chi connectivity index (χ0v) is 17.2. The van der Waals surface area contributed by atoms with E-state index in [0.717, 1.165) is 28.3 Å². The molecule has 0 saturated carbocycles. The molecule has 6 nitrogen and oxygen atoms in total. The fraction of sp³-hybridized carbons (Fsp3) is 0.136.